The standard InChI is InChI=1S/C10H12BrF2N3/c1-16(5-9(12)13)8-3-2-6(11)4-7(8)10(14)15/h2-4,9H,5H2,1H3,(H3,14,15). The molecule has 3 nitrogen and oxygen atoms in total. The van der Waals surface area contributed by atoms with Crippen molar-refractivity contribution in [2.75, 3.05) is 18.5 Å². The zero-order chi connectivity index (χ0) is 12.3. The smallest absolute Gasteiger partial charge is 0.255 e. The van der Waals surface area contributed by atoms with E-state index in [1.165, 1.54) is 4.90 Å². The molecule has 1 aromatic carbocycles. The van der Waals surface area contributed by atoms with Gasteiger partial charge in [0.25, 0.3) is 6.43 Å². The molecule has 0 bridgehead atoms. The van der Waals surface area contributed by atoms with Gasteiger partial charge in [0.05, 0.1) is 6.54 Å². The number of nitrogen functional groups attached to an aromatic ring is 1. The lowest BCUT2D eigenvalue weighted by Gasteiger charge is -2.21. The van der Waals surface area contributed by atoms with Crippen LogP contribution in [0.2, 0.25) is 0 Å². The highest BCUT2D eigenvalue weighted by Gasteiger charge is 2.13. The van der Waals surface area contributed by atoms with Crippen molar-refractivity contribution in [2.45, 2.75) is 6.43 Å². The molecule has 0 aromatic heterocycles. The Morgan fingerprint density at radius 3 is 2.69 bits per heavy atom. The summed E-state index contributed by atoms with van der Waals surface area (Å²) in [6.07, 6.45) is -2.42. The van der Waals surface area contributed by atoms with Crippen LogP contribution >= 0.6 is 15.9 Å². The predicted octanol–water partition coefficient (Wildman–Crippen LogP) is 2.43. The fraction of sp³-hybridized carbons (Fsp3) is 0.300. The van der Waals surface area contributed by atoms with Gasteiger partial charge in [0, 0.05) is 22.8 Å². The first-order valence-corrected chi connectivity index (χ1v) is 5.34. The molecule has 0 amide bonds. The van der Waals surface area contributed by atoms with Gasteiger partial charge in [-0.3, -0.25) is 5.41 Å². The van der Waals surface area contributed by atoms with Crippen LogP contribution in [0.25, 0.3) is 0 Å². The van der Waals surface area contributed by atoms with Crippen LogP contribution in [-0.2, 0) is 0 Å². The summed E-state index contributed by atoms with van der Waals surface area (Å²) in [4.78, 5) is 1.38. The Morgan fingerprint density at radius 2 is 2.19 bits per heavy atom. The molecule has 88 valence electrons. The third-order valence-electron chi connectivity index (χ3n) is 2.07. The number of anilines is 1. The Morgan fingerprint density at radius 1 is 1.56 bits per heavy atom. The second-order valence-corrected chi connectivity index (χ2v) is 4.26. The molecule has 1 aromatic rings. The number of benzene rings is 1. The first kappa shape index (κ1) is 12.9. The fourth-order valence-corrected chi connectivity index (χ4v) is 1.72. The van der Waals surface area contributed by atoms with Gasteiger partial charge in [0.15, 0.2) is 0 Å². The number of amidine groups is 1. The SMILES string of the molecule is CN(CC(F)F)c1ccc(Br)cc1C(=N)N. The molecule has 0 atom stereocenters. The molecule has 16 heavy (non-hydrogen) atoms. The molecule has 0 unspecified atom stereocenters. The summed E-state index contributed by atoms with van der Waals surface area (Å²) in [5.74, 6) is -0.141. The average Bonchev–Trinajstić information content (AvgIpc) is 2.16. The molecule has 0 aliphatic heterocycles. The number of nitrogens with zero attached hydrogens (tertiary/aromatic N) is 1. The van der Waals surface area contributed by atoms with Crippen molar-refractivity contribution in [3.63, 3.8) is 0 Å². The molecule has 3 N–H and O–H groups in total. The Kier molecular flexibility index (Phi) is 4.23. The molecule has 0 heterocycles. The Balaban J connectivity index is 3.07. The van der Waals surface area contributed by atoms with Crippen molar-refractivity contribution < 1.29 is 8.78 Å². The average molecular weight is 292 g/mol. The second kappa shape index (κ2) is 5.25. The van der Waals surface area contributed by atoms with Gasteiger partial charge in [-0.1, -0.05) is 15.9 Å². The lowest BCUT2D eigenvalue weighted by atomic mass is 10.1. The van der Waals surface area contributed by atoms with E-state index in [4.69, 9.17) is 11.1 Å². The molecule has 0 fully saturated rings. The lowest BCUT2D eigenvalue weighted by Crippen LogP contribution is -2.27. The summed E-state index contributed by atoms with van der Waals surface area (Å²) in [6, 6.07) is 5.02. The van der Waals surface area contributed by atoms with E-state index in [1.807, 2.05) is 0 Å². The number of alkyl halides is 2. The van der Waals surface area contributed by atoms with Gasteiger partial charge in [0.1, 0.15) is 5.84 Å². The fourth-order valence-electron chi connectivity index (χ4n) is 1.36. The Hall–Kier alpha value is -1.17. The number of nitrogens with one attached hydrogen (secondary N) is 1. The summed E-state index contributed by atoms with van der Waals surface area (Å²) in [7, 11) is 1.54. The van der Waals surface area contributed by atoms with Crippen LogP contribution in [0.1, 0.15) is 5.56 Å². The number of nitrogens with two attached hydrogens (primary N) is 1. The maximum atomic E-state index is 12.2. The van der Waals surface area contributed by atoms with E-state index in [0.717, 1.165) is 4.47 Å². The van der Waals surface area contributed by atoms with Gasteiger partial charge < -0.3 is 10.6 Å². The van der Waals surface area contributed by atoms with Crippen molar-refractivity contribution in [2.24, 2.45) is 5.73 Å². The Bertz CT molecular complexity index is 396. The second-order valence-electron chi connectivity index (χ2n) is 3.35. The Labute approximate surface area is 101 Å². The highest BCUT2D eigenvalue weighted by molar-refractivity contribution is 9.10. The number of hydrogen-bond acceptors (Lipinski definition) is 2. The number of halogens is 3. The quantitative estimate of drug-likeness (QED) is 0.661. The molecule has 0 saturated carbocycles. The van der Waals surface area contributed by atoms with Crippen molar-refractivity contribution in [3.8, 4) is 0 Å². The molecule has 6 heteroatoms. The third-order valence-corrected chi connectivity index (χ3v) is 2.57. The van der Waals surface area contributed by atoms with E-state index in [0.29, 0.717) is 11.3 Å². The normalized spacial score (nSPS) is 10.6. The van der Waals surface area contributed by atoms with Crippen LogP contribution in [0.3, 0.4) is 0 Å². The van der Waals surface area contributed by atoms with Crippen LogP contribution in [0.15, 0.2) is 22.7 Å². The van der Waals surface area contributed by atoms with Crippen LogP contribution in [0, 0.1) is 5.41 Å². The molecule has 0 radical (unpaired) electrons. The summed E-state index contributed by atoms with van der Waals surface area (Å²) >= 11 is 3.25. The molecule has 0 spiro atoms. The predicted molar refractivity (Wildman–Crippen MR) is 64.4 cm³/mol. The van der Waals surface area contributed by atoms with Gasteiger partial charge in [0.2, 0.25) is 0 Å². The van der Waals surface area contributed by atoms with E-state index >= 15 is 0 Å². The van der Waals surface area contributed by atoms with Crippen LogP contribution in [0.4, 0.5) is 14.5 Å². The largest absolute Gasteiger partial charge is 0.384 e. The maximum Gasteiger partial charge on any atom is 0.255 e. The first-order chi connectivity index (χ1) is 7.41. The topological polar surface area (TPSA) is 53.1 Å². The van der Waals surface area contributed by atoms with Crippen molar-refractivity contribution >= 4 is 27.5 Å². The van der Waals surface area contributed by atoms with Crippen molar-refractivity contribution in [1.29, 1.82) is 5.41 Å². The van der Waals surface area contributed by atoms with Crippen molar-refractivity contribution in [3.05, 3.63) is 28.2 Å². The first-order valence-electron chi connectivity index (χ1n) is 4.55. The monoisotopic (exact) mass is 291 g/mol. The minimum Gasteiger partial charge on any atom is -0.384 e. The van der Waals surface area contributed by atoms with E-state index in [1.54, 1.807) is 25.2 Å². The van der Waals surface area contributed by atoms with E-state index in [9.17, 15) is 8.78 Å². The molecule has 0 saturated heterocycles. The van der Waals surface area contributed by atoms with Gasteiger partial charge in [-0.2, -0.15) is 0 Å². The summed E-state index contributed by atoms with van der Waals surface area (Å²) in [5, 5.41) is 7.39. The van der Waals surface area contributed by atoms with E-state index in [-0.39, 0.29) is 12.4 Å². The maximum absolute atomic E-state index is 12.2. The molecule has 0 aliphatic rings. The van der Waals surface area contributed by atoms with Gasteiger partial charge in [-0.15, -0.1) is 0 Å². The summed E-state index contributed by atoms with van der Waals surface area (Å²) < 4.78 is 25.3. The van der Waals surface area contributed by atoms with Gasteiger partial charge in [-0.05, 0) is 18.2 Å². The lowest BCUT2D eigenvalue weighted by molar-refractivity contribution is 0.156. The van der Waals surface area contributed by atoms with Gasteiger partial charge >= 0.3 is 0 Å². The third kappa shape index (κ3) is 3.16. The zero-order valence-corrected chi connectivity index (χ0v) is 10.3. The zero-order valence-electron chi connectivity index (χ0n) is 8.67. The molecule has 0 aliphatic carbocycles. The summed E-state index contributed by atoms with van der Waals surface area (Å²) in [6.45, 7) is -0.387. The molecular weight excluding hydrogens is 280 g/mol. The highest BCUT2D eigenvalue weighted by atomic mass is 79.9. The number of hydrogen-bond donors (Lipinski definition) is 2. The minimum atomic E-state index is -2.42. The number of rotatable bonds is 4. The van der Waals surface area contributed by atoms with E-state index in [2.05, 4.69) is 15.9 Å². The minimum absolute atomic E-state index is 0.141. The van der Waals surface area contributed by atoms with E-state index < -0.39 is 6.43 Å². The van der Waals surface area contributed by atoms with Crippen molar-refractivity contribution in [1.82, 2.24) is 0 Å². The molecule has 1 rings (SSSR count). The van der Waals surface area contributed by atoms with Crippen LogP contribution < -0.4 is 10.6 Å². The molecular formula is C10H12BrF2N3. The summed E-state index contributed by atoms with van der Waals surface area (Å²) in [5.41, 5.74) is 6.37. The van der Waals surface area contributed by atoms with Crippen LogP contribution in [0.5, 0.6) is 0 Å². The van der Waals surface area contributed by atoms with Gasteiger partial charge in [-0.25, -0.2) is 8.78 Å². The highest BCUT2D eigenvalue weighted by Crippen LogP contribution is 2.23. The van der Waals surface area contributed by atoms with Crippen LogP contribution in [-0.4, -0.2) is 25.9 Å².